The minimum absolute atomic E-state index is 0.390. The summed E-state index contributed by atoms with van der Waals surface area (Å²) in [5, 5.41) is 4.32. The van der Waals surface area contributed by atoms with Crippen LogP contribution >= 0.6 is 0 Å². The van der Waals surface area contributed by atoms with Gasteiger partial charge in [0.1, 0.15) is 17.0 Å². The highest BCUT2D eigenvalue weighted by molar-refractivity contribution is 5.84. The van der Waals surface area contributed by atoms with Crippen LogP contribution in [-0.4, -0.2) is 42.2 Å². The molecule has 4 aromatic rings. The molecule has 0 bridgehead atoms. The second kappa shape index (κ2) is 6.93. The number of imidazole rings is 1. The van der Waals surface area contributed by atoms with Crippen molar-refractivity contribution in [3.05, 3.63) is 59.2 Å². The Morgan fingerprint density at radius 3 is 2.97 bits per heavy atom. The number of hydrogen-bond donors (Lipinski definition) is 1. The van der Waals surface area contributed by atoms with Crippen LogP contribution in [0.25, 0.3) is 27.9 Å². The number of nitrogens with one attached hydrogen (secondary N) is 1. The van der Waals surface area contributed by atoms with Crippen molar-refractivity contribution in [1.29, 1.82) is 0 Å². The van der Waals surface area contributed by atoms with Gasteiger partial charge in [-0.1, -0.05) is 0 Å². The van der Waals surface area contributed by atoms with Crippen LogP contribution in [0, 0.1) is 0 Å². The predicted molar refractivity (Wildman–Crippen MR) is 113 cm³/mol. The summed E-state index contributed by atoms with van der Waals surface area (Å²) in [5.41, 5.74) is 3.01. The Morgan fingerprint density at radius 2 is 2.14 bits per heavy atom. The van der Waals surface area contributed by atoms with Crippen LogP contribution in [0.3, 0.4) is 0 Å². The fourth-order valence-corrected chi connectivity index (χ4v) is 3.86. The number of ether oxygens (including phenoxy) is 1. The van der Waals surface area contributed by atoms with Crippen LogP contribution in [0.1, 0.15) is 6.92 Å². The van der Waals surface area contributed by atoms with E-state index in [9.17, 15) is 4.79 Å². The third kappa shape index (κ3) is 3.23. The Labute approximate surface area is 167 Å². The Morgan fingerprint density at radius 1 is 1.24 bits per heavy atom. The zero-order valence-corrected chi connectivity index (χ0v) is 16.4. The summed E-state index contributed by atoms with van der Waals surface area (Å²) < 4.78 is 12.8. The molecule has 5 rings (SSSR count). The third-order valence-corrected chi connectivity index (χ3v) is 5.40. The molecular formula is C22H22N4O3. The van der Waals surface area contributed by atoms with Crippen molar-refractivity contribution in [2.24, 2.45) is 0 Å². The van der Waals surface area contributed by atoms with Gasteiger partial charge < -0.3 is 23.8 Å². The van der Waals surface area contributed by atoms with Crippen LogP contribution in [-0.2, 0) is 0 Å². The summed E-state index contributed by atoms with van der Waals surface area (Å²) in [6.45, 7) is 4.98. The van der Waals surface area contributed by atoms with Crippen LogP contribution in [0.2, 0.25) is 0 Å². The number of hydrogen-bond acceptors (Lipinski definition) is 6. The zero-order chi connectivity index (χ0) is 20.0. The van der Waals surface area contributed by atoms with Crippen molar-refractivity contribution in [3.8, 4) is 17.0 Å². The van der Waals surface area contributed by atoms with E-state index >= 15 is 0 Å². The van der Waals surface area contributed by atoms with E-state index in [2.05, 4.69) is 28.2 Å². The minimum Gasteiger partial charge on any atom is -0.497 e. The summed E-state index contributed by atoms with van der Waals surface area (Å²) in [7, 11) is 1.61. The van der Waals surface area contributed by atoms with E-state index in [0.29, 0.717) is 28.5 Å². The van der Waals surface area contributed by atoms with Crippen molar-refractivity contribution >= 4 is 22.3 Å². The summed E-state index contributed by atoms with van der Waals surface area (Å²) in [6, 6.07) is 12.0. The molecule has 4 heterocycles. The van der Waals surface area contributed by atoms with Crippen LogP contribution in [0.4, 0.5) is 5.69 Å². The average molecular weight is 390 g/mol. The van der Waals surface area contributed by atoms with Gasteiger partial charge in [0.05, 0.1) is 18.4 Å². The highest BCUT2D eigenvalue weighted by atomic mass is 16.5. The molecule has 7 nitrogen and oxygen atoms in total. The number of rotatable bonds is 3. The normalized spacial score (nSPS) is 17.2. The van der Waals surface area contributed by atoms with Gasteiger partial charge in [0.25, 0.3) is 0 Å². The lowest BCUT2D eigenvalue weighted by Crippen LogP contribution is -2.49. The lowest BCUT2D eigenvalue weighted by atomic mass is 10.1. The number of anilines is 1. The third-order valence-electron chi connectivity index (χ3n) is 5.40. The second-order valence-electron chi connectivity index (χ2n) is 7.43. The minimum atomic E-state index is -0.390. The van der Waals surface area contributed by atoms with Gasteiger partial charge in [-0.05, 0) is 31.2 Å². The molecule has 1 unspecified atom stereocenters. The molecule has 1 aliphatic heterocycles. The number of aromatic nitrogens is 2. The lowest BCUT2D eigenvalue weighted by Gasteiger charge is -2.33. The second-order valence-corrected chi connectivity index (χ2v) is 7.43. The van der Waals surface area contributed by atoms with E-state index in [4.69, 9.17) is 9.15 Å². The fourth-order valence-electron chi connectivity index (χ4n) is 3.86. The summed E-state index contributed by atoms with van der Waals surface area (Å²) in [6.07, 6.45) is 3.68. The Hall–Kier alpha value is -3.32. The molecule has 0 amide bonds. The van der Waals surface area contributed by atoms with E-state index in [1.165, 1.54) is 0 Å². The van der Waals surface area contributed by atoms with Gasteiger partial charge in [0.2, 0.25) is 0 Å². The average Bonchev–Trinajstić information content (AvgIpc) is 3.15. The summed E-state index contributed by atoms with van der Waals surface area (Å²) >= 11 is 0. The van der Waals surface area contributed by atoms with Crippen LogP contribution < -0.4 is 20.6 Å². The zero-order valence-electron chi connectivity index (χ0n) is 16.4. The monoisotopic (exact) mass is 390 g/mol. The molecule has 148 valence electrons. The number of nitrogens with zero attached hydrogens (tertiary/aromatic N) is 3. The van der Waals surface area contributed by atoms with Gasteiger partial charge in [-0.15, -0.1) is 0 Å². The molecule has 1 fully saturated rings. The number of piperazine rings is 1. The number of pyridine rings is 1. The van der Waals surface area contributed by atoms with Gasteiger partial charge in [0.15, 0.2) is 0 Å². The van der Waals surface area contributed by atoms with Gasteiger partial charge in [-0.2, -0.15) is 0 Å². The summed E-state index contributed by atoms with van der Waals surface area (Å²) in [4.78, 5) is 19.6. The van der Waals surface area contributed by atoms with Crippen molar-refractivity contribution in [2.75, 3.05) is 31.6 Å². The number of methoxy groups -OCH3 is 1. The van der Waals surface area contributed by atoms with Crippen molar-refractivity contribution in [3.63, 3.8) is 0 Å². The molecule has 1 saturated heterocycles. The topological polar surface area (TPSA) is 72.0 Å². The first-order valence-corrected chi connectivity index (χ1v) is 9.70. The predicted octanol–water partition coefficient (Wildman–Crippen LogP) is 2.91. The molecule has 0 saturated carbocycles. The highest BCUT2D eigenvalue weighted by Crippen LogP contribution is 2.26. The molecule has 29 heavy (non-hydrogen) atoms. The molecule has 0 radical (unpaired) electrons. The fraction of sp³-hybridized carbons (Fsp3) is 0.273. The maximum Gasteiger partial charge on any atom is 0.345 e. The maximum atomic E-state index is 12.7. The van der Waals surface area contributed by atoms with Crippen molar-refractivity contribution < 1.29 is 9.15 Å². The van der Waals surface area contributed by atoms with E-state index in [-0.39, 0.29) is 0 Å². The number of benzene rings is 1. The Bertz CT molecular complexity index is 1260. The van der Waals surface area contributed by atoms with E-state index in [0.717, 1.165) is 36.5 Å². The Balaban J connectivity index is 1.55. The first kappa shape index (κ1) is 17.8. The quantitative estimate of drug-likeness (QED) is 0.543. The standard InChI is InChI=1S/C22H22N4O3/c1-14-12-25(8-6-23-14)16-4-3-15-9-18(22(27)29-20(15)10-16)19-13-26-7-5-17(28-2)11-21(26)24-19/h3-5,7,9-11,13-14,23H,6,8,12H2,1-2H3. The molecule has 7 heteroatoms. The summed E-state index contributed by atoms with van der Waals surface area (Å²) in [5.74, 6) is 0.718. The van der Waals surface area contributed by atoms with Crippen molar-refractivity contribution in [1.82, 2.24) is 14.7 Å². The first-order chi connectivity index (χ1) is 14.1. The smallest absolute Gasteiger partial charge is 0.345 e. The Kier molecular flexibility index (Phi) is 4.24. The molecule has 0 aliphatic carbocycles. The van der Waals surface area contributed by atoms with Gasteiger partial charge >= 0.3 is 5.63 Å². The SMILES string of the molecule is COc1ccn2cc(-c3cc4ccc(N5CCNC(C)C5)cc4oc3=O)nc2c1. The van der Waals surface area contributed by atoms with Gasteiger partial charge in [-0.25, -0.2) is 9.78 Å². The molecule has 1 aliphatic rings. The highest BCUT2D eigenvalue weighted by Gasteiger charge is 2.17. The van der Waals surface area contributed by atoms with Crippen LogP contribution in [0.5, 0.6) is 5.75 Å². The first-order valence-electron chi connectivity index (χ1n) is 9.70. The number of fused-ring (bicyclic) bond motifs is 2. The molecular weight excluding hydrogens is 368 g/mol. The van der Waals surface area contributed by atoms with Crippen molar-refractivity contribution in [2.45, 2.75) is 13.0 Å². The largest absolute Gasteiger partial charge is 0.497 e. The molecule has 3 aromatic heterocycles. The molecule has 1 aromatic carbocycles. The van der Waals surface area contributed by atoms with E-state index in [1.54, 1.807) is 7.11 Å². The lowest BCUT2D eigenvalue weighted by molar-refractivity contribution is 0.414. The van der Waals surface area contributed by atoms with Gasteiger partial charge in [-0.3, -0.25) is 0 Å². The van der Waals surface area contributed by atoms with E-state index in [1.807, 2.05) is 47.1 Å². The van der Waals surface area contributed by atoms with E-state index < -0.39 is 5.63 Å². The maximum absolute atomic E-state index is 12.7. The van der Waals surface area contributed by atoms with Crippen LogP contribution in [0.15, 0.2) is 58.0 Å². The molecule has 1 atom stereocenters. The molecule has 1 N–H and O–H groups in total. The molecule has 0 spiro atoms. The van der Waals surface area contributed by atoms with Gasteiger partial charge in [0, 0.05) is 61.3 Å².